The summed E-state index contributed by atoms with van der Waals surface area (Å²) in [7, 11) is 1.83. The van der Waals surface area contributed by atoms with Crippen LogP contribution in [0.5, 0.6) is 11.6 Å². The molecule has 0 radical (unpaired) electrons. The summed E-state index contributed by atoms with van der Waals surface area (Å²) in [5.74, 6) is 0.0201. The lowest BCUT2D eigenvalue weighted by molar-refractivity contribution is 0.424. The Bertz CT molecular complexity index is 528. The van der Waals surface area contributed by atoms with Gasteiger partial charge in [-0.3, -0.25) is 4.98 Å². The zero-order valence-electron chi connectivity index (χ0n) is 10.3. The van der Waals surface area contributed by atoms with Crippen molar-refractivity contribution in [3.63, 3.8) is 0 Å². The molecule has 0 fully saturated rings. The highest BCUT2D eigenvalue weighted by molar-refractivity contribution is 5.32. The third-order valence-corrected chi connectivity index (χ3v) is 2.34. The Morgan fingerprint density at radius 2 is 2.11 bits per heavy atom. The molecule has 0 saturated heterocycles. The summed E-state index contributed by atoms with van der Waals surface area (Å²) >= 11 is 0. The van der Waals surface area contributed by atoms with E-state index in [4.69, 9.17) is 4.74 Å². The van der Waals surface area contributed by atoms with Crippen LogP contribution in [-0.2, 0) is 6.54 Å². The third kappa shape index (κ3) is 3.01. The fraction of sp³-hybridized carbons (Fsp3) is 0.231. The van der Waals surface area contributed by atoms with Crippen LogP contribution in [0, 0.1) is 12.7 Å². The molecular formula is C13H14FN3O. The van der Waals surface area contributed by atoms with Crippen molar-refractivity contribution in [3.05, 3.63) is 47.7 Å². The molecule has 1 N–H and O–H groups in total. The van der Waals surface area contributed by atoms with Gasteiger partial charge in [-0.15, -0.1) is 0 Å². The van der Waals surface area contributed by atoms with Crippen molar-refractivity contribution in [1.82, 2.24) is 15.3 Å². The highest BCUT2D eigenvalue weighted by Gasteiger charge is 2.06. The number of halogens is 1. The molecular weight excluding hydrogens is 233 g/mol. The van der Waals surface area contributed by atoms with Gasteiger partial charge >= 0.3 is 0 Å². The fourth-order valence-corrected chi connectivity index (χ4v) is 1.47. The second kappa shape index (κ2) is 5.55. The molecule has 0 spiro atoms. The summed E-state index contributed by atoms with van der Waals surface area (Å²) < 4.78 is 18.8. The summed E-state index contributed by atoms with van der Waals surface area (Å²) in [5, 5.41) is 2.97. The molecule has 1 aromatic carbocycles. The minimum atomic E-state index is -0.415. The molecule has 4 nitrogen and oxygen atoms in total. The summed E-state index contributed by atoms with van der Waals surface area (Å²) in [6.07, 6.45) is 3.08. The van der Waals surface area contributed by atoms with E-state index in [0.29, 0.717) is 6.54 Å². The van der Waals surface area contributed by atoms with Gasteiger partial charge in [0, 0.05) is 6.54 Å². The molecule has 1 heterocycles. The van der Waals surface area contributed by atoms with Gasteiger partial charge in [-0.25, -0.2) is 9.37 Å². The largest absolute Gasteiger partial charge is 0.434 e. The summed E-state index contributed by atoms with van der Waals surface area (Å²) in [6.45, 7) is 2.50. The van der Waals surface area contributed by atoms with Crippen molar-refractivity contribution in [1.29, 1.82) is 0 Å². The van der Waals surface area contributed by atoms with E-state index in [9.17, 15) is 4.39 Å². The summed E-state index contributed by atoms with van der Waals surface area (Å²) in [6, 6.07) is 4.68. The third-order valence-electron chi connectivity index (χ3n) is 2.34. The molecule has 2 rings (SSSR count). The van der Waals surface area contributed by atoms with Crippen LogP contribution < -0.4 is 10.1 Å². The van der Waals surface area contributed by atoms with Gasteiger partial charge in [-0.05, 0) is 31.7 Å². The van der Waals surface area contributed by atoms with E-state index in [2.05, 4.69) is 15.3 Å². The van der Waals surface area contributed by atoms with Crippen LogP contribution in [0.15, 0.2) is 30.6 Å². The SMILES string of the molecule is CNCc1cnc(Oc2cc(C)ccc2F)cn1. The Labute approximate surface area is 105 Å². The van der Waals surface area contributed by atoms with E-state index in [1.807, 2.05) is 14.0 Å². The van der Waals surface area contributed by atoms with Crippen LogP contribution in [0.3, 0.4) is 0 Å². The van der Waals surface area contributed by atoms with E-state index >= 15 is 0 Å². The Kier molecular flexibility index (Phi) is 3.84. The molecule has 94 valence electrons. The van der Waals surface area contributed by atoms with Crippen LogP contribution in [0.4, 0.5) is 4.39 Å². The van der Waals surface area contributed by atoms with Crippen molar-refractivity contribution >= 4 is 0 Å². The lowest BCUT2D eigenvalue weighted by Crippen LogP contribution is -2.07. The predicted octanol–water partition coefficient (Wildman–Crippen LogP) is 2.44. The van der Waals surface area contributed by atoms with Crippen LogP contribution in [0.2, 0.25) is 0 Å². The Balaban J connectivity index is 2.15. The molecule has 2 aromatic rings. The molecule has 0 aliphatic rings. The zero-order valence-corrected chi connectivity index (χ0v) is 10.3. The van der Waals surface area contributed by atoms with E-state index in [-0.39, 0.29) is 11.6 Å². The van der Waals surface area contributed by atoms with Crippen LogP contribution in [0.25, 0.3) is 0 Å². The number of nitrogens with zero attached hydrogens (tertiary/aromatic N) is 2. The van der Waals surface area contributed by atoms with Gasteiger partial charge in [0.25, 0.3) is 0 Å². The monoisotopic (exact) mass is 247 g/mol. The topological polar surface area (TPSA) is 47.0 Å². The van der Waals surface area contributed by atoms with Gasteiger partial charge in [0.15, 0.2) is 11.6 Å². The first-order chi connectivity index (χ1) is 8.69. The minimum absolute atomic E-state index is 0.158. The quantitative estimate of drug-likeness (QED) is 0.901. The smallest absolute Gasteiger partial charge is 0.237 e. The maximum Gasteiger partial charge on any atom is 0.237 e. The molecule has 0 unspecified atom stereocenters. The average Bonchev–Trinajstić information content (AvgIpc) is 2.37. The first-order valence-corrected chi connectivity index (χ1v) is 5.58. The van der Waals surface area contributed by atoms with E-state index in [1.165, 1.54) is 12.3 Å². The first-order valence-electron chi connectivity index (χ1n) is 5.58. The highest BCUT2D eigenvalue weighted by Crippen LogP contribution is 2.23. The fourth-order valence-electron chi connectivity index (χ4n) is 1.47. The number of ether oxygens (including phenoxy) is 1. The van der Waals surface area contributed by atoms with Gasteiger partial charge < -0.3 is 10.1 Å². The van der Waals surface area contributed by atoms with E-state index < -0.39 is 5.82 Å². The second-order valence-corrected chi connectivity index (χ2v) is 3.91. The molecule has 0 amide bonds. The Morgan fingerprint density at radius 3 is 2.78 bits per heavy atom. The van der Waals surface area contributed by atoms with Gasteiger partial charge in [0.1, 0.15) is 0 Å². The number of aromatic nitrogens is 2. The van der Waals surface area contributed by atoms with Crippen molar-refractivity contribution in [2.24, 2.45) is 0 Å². The van der Waals surface area contributed by atoms with Gasteiger partial charge in [0.2, 0.25) is 5.88 Å². The maximum atomic E-state index is 13.5. The minimum Gasteiger partial charge on any atom is -0.434 e. The average molecular weight is 247 g/mol. The number of aryl methyl sites for hydroxylation is 1. The Hall–Kier alpha value is -2.01. The van der Waals surface area contributed by atoms with Crippen molar-refractivity contribution in [2.75, 3.05) is 7.05 Å². The lowest BCUT2D eigenvalue weighted by Gasteiger charge is -2.06. The number of rotatable bonds is 4. The predicted molar refractivity (Wildman–Crippen MR) is 66.0 cm³/mol. The van der Waals surface area contributed by atoms with E-state index in [0.717, 1.165) is 11.3 Å². The molecule has 5 heteroatoms. The van der Waals surface area contributed by atoms with Gasteiger partial charge in [0.05, 0.1) is 18.1 Å². The van der Waals surface area contributed by atoms with Gasteiger partial charge in [-0.2, -0.15) is 0 Å². The maximum absolute atomic E-state index is 13.5. The Morgan fingerprint density at radius 1 is 1.28 bits per heavy atom. The number of benzene rings is 1. The molecule has 0 saturated carbocycles. The number of hydrogen-bond acceptors (Lipinski definition) is 4. The van der Waals surface area contributed by atoms with Crippen LogP contribution in [-0.4, -0.2) is 17.0 Å². The lowest BCUT2D eigenvalue weighted by atomic mass is 10.2. The molecule has 0 aliphatic carbocycles. The molecule has 1 aromatic heterocycles. The normalized spacial score (nSPS) is 10.4. The highest BCUT2D eigenvalue weighted by atomic mass is 19.1. The van der Waals surface area contributed by atoms with Crippen molar-refractivity contribution in [2.45, 2.75) is 13.5 Å². The summed E-state index contributed by atoms with van der Waals surface area (Å²) in [5.41, 5.74) is 1.72. The molecule has 0 aliphatic heterocycles. The summed E-state index contributed by atoms with van der Waals surface area (Å²) in [4.78, 5) is 8.22. The van der Waals surface area contributed by atoms with Crippen LogP contribution >= 0.6 is 0 Å². The van der Waals surface area contributed by atoms with Crippen molar-refractivity contribution < 1.29 is 9.13 Å². The molecule has 0 bridgehead atoms. The molecule has 18 heavy (non-hydrogen) atoms. The van der Waals surface area contributed by atoms with Crippen LogP contribution in [0.1, 0.15) is 11.3 Å². The first kappa shape index (κ1) is 12.4. The molecule has 0 atom stereocenters. The van der Waals surface area contributed by atoms with Gasteiger partial charge in [-0.1, -0.05) is 6.07 Å². The van der Waals surface area contributed by atoms with E-state index in [1.54, 1.807) is 18.3 Å². The zero-order chi connectivity index (χ0) is 13.0. The number of nitrogens with one attached hydrogen (secondary N) is 1. The number of hydrogen-bond donors (Lipinski definition) is 1. The van der Waals surface area contributed by atoms with Crippen molar-refractivity contribution in [3.8, 4) is 11.6 Å². The standard InChI is InChI=1S/C13H14FN3O/c1-9-3-4-11(14)12(5-9)18-13-8-16-10(6-15-2)7-17-13/h3-5,7-8,15H,6H2,1-2H3. The second-order valence-electron chi connectivity index (χ2n) is 3.91.